The molecule has 0 spiro atoms. The fourth-order valence-electron chi connectivity index (χ4n) is 5.67. The summed E-state index contributed by atoms with van der Waals surface area (Å²) in [6, 6.07) is 19.8. The molecule has 0 aliphatic carbocycles. The Balaban J connectivity index is 0.00000220. The van der Waals surface area contributed by atoms with E-state index in [1.54, 1.807) is 11.3 Å². The van der Waals surface area contributed by atoms with Crippen molar-refractivity contribution in [1.82, 2.24) is 4.98 Å². The molecule has 0 bridgehead atoms. The Hall–Kier alpha value is -2.08. The van der Waals surface area contributed by atoms with E-state index in [4.69, 9.17) is 10.3 Å². The van der Waals surface area contributed by atoms with E-state index in [1.807, 2.05) is 11.3 Å². The fourth-order valence-corrected chi connectivity index (χ4v) is 7.60. The molecule has 3 aromatic carbocycles. The summed E-state index contributed by atoms with van der Waals surface area (Å²) in [4.78, 5) is 6.63. The molecule has 2 nitrogen and oxygen atoms in total. The van der Waals surface area contributed by atoms with Crippen molar-refractivity contribution in [2.45, 2.75) is 73.3 Å². The first-order valence-electron chi connectivity index (χ1n) is 13.5. The Morgan fingerprint density at radius 1 is 0.762 bits per heavy atom. The number of aryl methyl sites for hydroxylation is 4. The summed E-state index contributed by atoms with van der Waals surface area (Å²) in [5, 5.41) is 10.2. The maximum Gasteiger partial charge on any atom is 0.0831 e. The number of aromatic nitrogens is 1. The summed E-state index contributed by atoms with van der Waals surface area (Å²) in [5.41, 5.74) is 11.2. The summed E-state index contributed by atoms with van der Waals surface area (Å²) in [6.45, 7) is 17.9. The van der Waals surface area contributed by atoms with E-state index in [0.717, 1.165) is 16.4 Å². The van der Waals surface area contributed by atoms with Gasteiger partial charge in [-0.3, -0.25) is 0 Å². The van der Waals surface area contributed by atoms with Gasteiger partial charge in [-0.25, -0.2) is 4.98 Å². The van der Waals surface area contributed by atoms with E-state index >= 15 is 0 Å². The Labute approximate surface area is 282 Å². The van der Waals surface area contributed by atoms with Gasteiger partial charge in [0.15, 0.2) is 0 Å². The number of nitrogens with zero attached hydrogens (tertiary/aromatic N) is 2. The first kappa shape index (κ1) is 37.9. The van der Waals surface area contributed by atoms with Gasteiger partial charge >= 0.3 is 0 Å². The van der Waals surface area contributed by atoms with Crippen LogP contribution in [0.3, 0.4) is 0 Å². The van der Waals surface area contributed by atoms with Gasteiger partial charge in [-0.05, 0) is 68.3 Å². The summed E-state index contributed by atoms with van der Waals surface area (Å²) >= 11 is 3.59. The number of rotatable bonds is 7. The topological polar surface area (TPSA) is 27.0 Å². The molecule has 224 valence electrons. The zero-order chi connectivity index (χ0) is 27.1. The van der Waals surface area contributed by atoms with Crippen molar-refractivity contribution in [3.8, 4) is 11.3 Å². The minimum atomic E-state index is -0.156. The first-order chi connectivity index (χ1) is 18.2. The number of hydrogen-bond donors (Lipinski definition) is 0. The van der Waals surface area contributed by atoms with Crippen molar-refractivity contribution >= 4 is 38.4 Å². The molecule has 42 heavy (non-hydrogen) atoms. The van der Waals surface area contributed by atoms with Crippen LogP contribution in [0.4, 0.5) is 5.69 Å². The monoisotopic (exact) mass is 762 g/mol. The van der Waals surface area contributed by atoms with Crippen LogP contribution < -0.4 is 0 Å². The van der Waals surface area contributed by atoms with E-state index in [0.29, 0.717) is 11.8 Å². The van der Waals surface area contributed by atoms with E-state index in [2.05, 4.69) is 115 Å². The van der Waals surface area contributed by atoms with Crippen molar-refractivity contribution in [2.24, 2.45) is 0 Å². The maximum atomic E-state index is 5.62. The zero-order valence-electron chi connectivity index (χ0n) is 27.2. The quantitative estimate of drug-likeness (QED) is 0.120. The van der Waals surface area contributed by atoms with Crippen LogP contribution in [0, 0.1) is 50.0 Å². The maximum absolute atomic E-state index is 5.62. The summed E-state index contributed by atoms with van der Waals surface area (Å²) in [6.07, 6.45) is 0. The van der Waals surface area contributed by atoms with Crippen LogP contribution in [0.5, 0.6) is 0 Å². The molecule has 5 rings (SSSR count). The van der Waals surface area contributed by atoms with Gasteiger partial charge in [0, 0.05) is 51.8 Å². The molecular formula is C37H46HfN2S2-4. The molecule has 2 heterocycles. The molecule has 0 saturated carbocycles. The second kappa shape index (κ2) is 15.6. The number of thiophene rings is 1. The normalized spacial score (nSPS) is 11.4. The van der Waals surface area contributed by atoms with E-state index in [9.17, 15) is 0 Å². The van der Waals surface area contributed by atoms with Crippen molar-refractivity contribution in [3.05, 3.63) is 131 Å². The summed E-state index contributed by atoms with van der Waals surface area (Å²) < 4.78 is 1.31. The molecular weight excluding hydrogens is 715 g/mol. The molecule has 0 N–H and O–H groups in total. The molecule has 5 heteroatoms. The molecule has 0 amide bonds. The van der Waals surface area contributed by atoms with Crippen LogP contribution >= 0.6 is 22.7 Å². The van der Waals surface area contributed by atoms with Crippen molar-refractivity contribution in [1.29, 1.82) is 0 Å². The van der Waals surface area contributed by atoms with Crippen LogP contribution in [0.25, 0.3) is 26.7 Å². The van der Waals surface area contributed by atoms with Gasteiger partial charge < -0.3 is 27.6 Å². The molecule has 0 aliphatic heterocycles. The molecule has 0 saturated heterocycles. The van der Waals surface area contributed by atoms with Crippen molar-refractivity contribution < 1.29 is 25.8 Å². The predicted octanol–water partition coefficient (Wildman–Crippen LogP) is 12.6. The van der Waals surface area contributed by atoms with Gasteiger partial charge in [-0.1, -0.05) is 92.9 Å². The van der Waals surface area contributed by atoms with E-state index in [-0.39, 0.29) is 54.2 Å². The molecule has 0 aliphatic rings. The second-order valence-electron chi connectivity index (χ2n) is 11.0. The summed E-state index contributed by atoms with van der Waals surface area (Å²) in [5.74, 6) is 0.778. The molecule has 5 aromatic rings. The van der Waals surface area contributed by atoms with E-state index < -0.39 is 0 Å². The van der Waals surface area contributed by atoms with Crippen LogP contribution in [0.1, 0.15) is 88.8 Å². The smallest absolute Gasteiger partial charge is 0.0831 e. The average molecular weight is 761 g/mol. The minimum Gasteiger partial charge on any atom is -0.672 e. The number of fused-ring (bicyclic) bond motifs is 1. The average Bonchev–Trinajstić information content (AvgIpc) is 3.46. The SMILES string of the molecule is Cc1cc(C)c(C([N-]c2c(C(C)C)cccc2C(C)C)c2nc(-c3c(C)sc4ccccc34)cs2)c(C)c1.[CH3-].[CH3-].[CH3-].[Hf]. The van der Waals surface area contributed by atoms with Gasteiger partial charge in [0.05, 0.1) is 10.7 Å². The van der Waals surface area contributed by atoms with Crippen LogP contribution in [-0.4, -0.2) is 4.98 Å². The number of para-hydroxylation sites is 1. The van der Waals surface area contributed by atoms with Crippen molar-refractivity contribution in [3.63, 3.8) is 0 Å². The zero-order valence-corrected chi connectivity index (χ0v) is 32.4. The van der Waals surface area contributed by atoms with Gasteiger partial charge in [-0.2, -0.15) is 0 Å². The molecule has 0 fully saturated rings. The Bertz CT molecular complexity index is 1560. The number of hydrogen-bond acceptors (Lipinski definition) is 3. The number of benzene rings is 3. The largest absolute Gasteiger partial charge is 0.672 e. The third-order valence-corrected chi connectivity index (χ3v) is 9.38. The second-order valence-corrected chi connectivity index (χ2v) is 13.2. The molecule has 0 radical (unpaired) electrons. The van der Waals surface area contributed by atoms with Gasteiger partial charge in [0.1, 0.15) is 0 Å². The van der Waals surface area contributed by atoms with Gasteiger partial charge in [0.2, 0.25) is 0 Å². The van der Waals surface area contributed by atoms with Gasteiger partial charge in [-0.15, -0.1) is 28.4 Å². The van der Waals surface area contributed by atoms with Gasteiger partial charge in [0.25, 0.3) is 0 Å². The predicted molar refractivity (Wildman–Crippen MR) is 187 cm³/mol. The van der Waals surface area contributed by atoms with Crippen LogP contribution in [0.2, 0.25) is 0 Å². The third-order valence-electron chi connectivity index (χ3n) is 7.40. The van der Waals surface area contributed by atoms with Crippen molar-refractivity contribution in [2.75, 3.05) is 0 Å². The number of thiazole rings is 1. The summed E-state index contributed by atoms with van der Waals surface area (Å²) in [7, 11) is 0. The van der Waals surface area contributed by atoms with Crippen LogP contribution in [0.15, 0.2) is 60.0 Å². The Morgan fingerprint density at radius 2 is 1.33 bits per heavy atom. The third kappa shape index (κ3) is 7.34. The molecule has 1 unspecified atom stereocenters. The van der Waals surface area contributed by atoms with E-state index in [1.165, 1.54) is 53.9 Å². The Morgan fingerprint density at radius 3 is 1.90 bits per heavy atom. The molecule has 2 aromatic heterocycles. The molecule has 1 atom stereocenters. The minimum absolute atomic E-state index is 0. The fraction of sp³-hybridized carbons (Fsp3) is 0.297. The Kier molecular flexibility index (Phi) is 14.1. The standard InChI is InChI=1S/C34H37N2S2.3CH3.Hf/c1-19(2)25-13-11-14-26(20(3)4)32(25)36-33(30-22(6)16-21(5)17-23(30)7)34-35-28(18-37-34)31-24(8)38-29-15-10-9-12-27(29)31;;;;/h9-20,33H,1-8H3;3*1H3;/q4*-1;. The first-order valence-corrected chi connectivity index (χ1v) is 15.2. The van der Waals surface area contributed by atoms with Crippen LogP contribution in [-0.2, 0) is 25.8 Å².